The molecule has 33 heavy (non-hydrogen) atoms. The first-order valence-electron chi connectivity index (χ1n) is 10.5. The molecule has 174 valence electrons. The van der Waals surface area contributed by atoms with Gasteiger partial charge >= 0.3 is 12.1 Å². The summed E-state index contributed by atoms with van der Waals surface area (Å²) in [6.45, 7) is 9.40. The summed E-state index contributed by atoms with van der Waals surface area (Å²) in [5, 5.41) is 3.71. The van der Waals surface area contributed by atoms with Gasteiger partial charge in [-0.05, 0) is 63.3 Å². The maximum absolute atomic E-state index is 13.0. The molecule has 0 atom stereocenters. The molecule has 3 aromatic rings. The summed E-state index contributed by atoms with van der Waals surface area (Å²) in [7, 11) is 2.86. The van der Waals surface area contributed by atoms with Gasteiger partial charge in [-0.1, -0.05) is 30.3 Å². The minimum Gasteiger partial charge on any atom is -0.496 e. The van der Waals surface area contributed by atoms with Crippen molar-refractivity contribution in [1.82, 2.24) is 5.32 Å². The van der Waals surface area contributed by atoms with Crippen LogP contribution in [0.4, 0.5) is 4.79 Å². The lowest BCUT2D eigenvalue weighted by Crippen LogP contribution is -2.35. The highest BCUT2D eigenvalue weighted by molar-refractivity contribution is 7.19. The summed E-state index contributed by atoms with van der Waals surface area (Å²) in [5.41, 5.74) is 2.33. The normalized spacial score (nSPS) is 12.2. The quantitative estimate of drug-likeness (QED) is 0.369. The van der Waals surface area contributed by atoms with E-state index in [4.69, 9.17) is 14.2 Å². The van der Waals surface area contributed by atoms with Crippen LogP contribution in [-0.4, -0.2) is 31.9 Å². The van der Waals surface area contributed by atoms with Crippen LogP contribution in [0.25, 0.3) is 15.7 Å². The minimum atomic E-state index is -0.749. The Morgan fingerprint density at radius 3 is 2.21 bits per heavy atom. The first kappa shape index (κ1) is 24.3. The van der Waals surface area contributed by atoms with Crippen molar-refractivity contribution in [2.24, 2.45) is 0 Å². The van der Waals surface area contributed by atoms with Gasteiger partial charge in [0, 0.05) is 20.7 Å². The molecule has 0 fully saturated rings. The minimum absolute atomic E-state index is 0.0209. The molecule has 1 N–H and O–H groups in total. The van der Waals surface area contributed by atoms with Crippen molar-refractivity contribution in [3.63, 3.8) is 0 Å². The van der Waals surface area contributed by atoms with Gasteiger partial charge in [0.05, 0.1) is 14.2 Å². The van der Waals surface area contributed by atoms with Crippen LogP contribution < -0.4 is 10.1 Å². The molecule has 6 nitrogen and oxygen atoms in total. The highest BCUT2D eigenvalue weighted by Gasteiger charge is 2.28. The van der Waals surface area contributed by atoms with Crippen LogP contribution in [0.15, 0.2) is 48.2 Å². The Morgan fingerprint density at radius 1 is 0.970 bits per heavy atom. The van der Waals surface area contributed by atoms with E-state index in [0.29, 0.717) is 16.9 Å². The lowest BCUT2D eigenvalue weighted by molar-refractivity contribution is -0.136. The average Bonchev–Trinajstić information content (AvgIpc) is 3.06. The summed E-state index contributed by atoms with van der Waals surface area (Å²) < 4.78 is 17.2. The fraction of sp³-hybridized carbons (Fsp3) is 0.308. The smallest absolute Gasteiger partial charge is 0.412 e. The van der Waals surface area contributed by atoms with E-state index in [1.807, 2.05) is 42.5 Å². The van der Waals surface area contributed by atoms with Gasteiger partial charge in [0.15, 0.2) is 0 Å². The summed E-state index contributed by atoms with van der Waals surface area (Å²) in [6, 6.07) is 13.3. The van der Waals surface area contributed by atoms with Crippen molar-refractivity contribution >= 4 is 39.1 Å². The monoisotopic (exact) mass is 467 g/mol. The lowest BCUT2D eigenvalue weighted by Gasteiger charge is -2.22. The predicted molar refractivity (Wildman–Crippen MR) is 132 cm³/mol. The van der Waals surface area contributed by atoms with Crippen molar-refractivity contribution < 1.29 is 23.8 Å². The molecule has 1 heterocycles. The van der Waals surface area contributed by atoms with E-state index >= 15 is 0 Å². The van der Waals surface area contributed by atoms with E-state index in [0.717, 1.165) is 26.1 Å². The van der Waals surface area contributed by atoms with Crippen LogP contribution >= 0.6 is 11.3 Å². The van der Waals surface area contributed by atoms with E-state index in [1.54, 1.807) is 39.2 Å². The number of hydrogen-bond acceptors (Lipinski definition) is 6. The predicted octanol–water partition coefficient (Wildman–Crippen LogP) is 5.98. The molecule has 1 amide bonds. The van der Waals surface area contributed by atoms with E-state index in [-0.39, 0.29) is 5.70 Å². The van der Waals surface area contributed by atoms with Crippen molar-refractivity contribution in [2.75, 3.05) is 14.2 Å². The Kier molecular flexibility index (Phi) is 7.12. The van der Waals surface area contributed by atoms with Gasteiger partial charge in [-0.2, -0.15) is 0 Å². The van der Waals surface area contributed by atoms with Gasteiger partial charge in [0.25, 0.3) is 0 Å². The molecular weight excluding hydrogens is 438 g/mol. The average molecular weight is 468 g/mol. The third kappa shape index (κ3) is 5.20. The zero-order valence-electron chi connectivity index (χ0n) is 20.0. The maximum Gasteiger partial charge on any atom is 0.412 e. The van der Waals surface area contributed by atoms with Crippen molar-refractivity contribution in [3.8, 4) is 5.75 Å². The standard InChI is InChI=1S/C26H29NO5S/c1-15-16(2)33-23-18(15)13-14-19(30-6)21(23)20(17-11-9-8-10-12-17)22(24(28)31-7)27-25(29)32-26(3,4)5/h8-14H,1-7H3,(H,27,29)/b22-20-. The highest BCUT2D eigenvalue weighted by Crippen LogP contribution is 2.43. The first-order valence-corrected chi connectivity index (χ1v) is 11.3. The van der Waals surface area contributed by atoms with Crippen LogP contribution in [0.1, 0.15) is 42.3 Å². The second-order valence-corrected chi connectivity index (χ2v) is 9.76. The van der Waals surface area contributed by atoms with Gasteiger partial charge in [0.1, 0.15) is 17.0 Å². The number of aryl methyl sites for hydroxylation is 2. The van der Waals surface area contributed by atoms with Crippen molar-refractivity contribution in [1.29, 1.82) is 0 Å². The third-order valence-corrected chi connectivity index (χ3v) is 6.35. The Morgan fingerprint density at radius 2 is 1.64 bits per heavy atom. The molecule has 2 aromatic carbocycles. The second kappa shape index (κ2) is 9.67. The number of hydrogen-bond donors (Lipinski definition) is 1. The van der Waals surface area contributed by atoms with E-state index in [2.05, 4.69) is 19.2 Å². The lowest BCUT2D eigenvalue weighted by atomic mass is 9.93. The SMILES string of the molecule is COC(=O)/C(NC(=O)OC(C)(C)C)=C(\c1ccccc1)c1c(OC)ccc2c(C)c(C)sc12. The zero-order valence-corrected chi connectivity index (χ0v) is 20.8. The highest BCUT2D eigenvalue weighted by atomic mass is 32.1. The Labute approximate surface area is 198 Å². The van der Waals surface area contributed by atoms with Crippen molar-refractivity contribution in [2.45, 2.75) is 40.2 Å². The molecule has 7 heteroatoms. The third-order valence-electron chi connectivity index (χ3n) is 5.10. The number of benzene rings is 2. The number of fused-ring (bicyclic) bond motifs is 1. The Bertz CT molecular complexity index is 1220. The maximum atomic E-state index is 13.0. The molecule has 0 bridgehead atoms. The molecule has 3 rings (SSSR count). The van der Waals surface area contributed by atoms with Gasteiger partial charge in [-0.25, -0.2) is 9.59 Å². The number of nitrogens with one attached hydrogen (secondary N) is 1. The molecule has 0 aliphatic rings. The summed E-state index contributed by atoms with van der Waals surface area (Å²) in [4.78, 5) is 26.9. The van der Waals surface area contributed by atoms with E-state index in [9.17, 15) is 9.59 Å². The van der Waals surface area contributed by atoms with Crippen LogP contribution in [0, 0.1) is 13.8 Å². The number of carbonyl (C=O) groups is 2. The number of thiophene rings is 1. The zero-order chi connectivity index (χ0) is 24.3. The number of methoxy groups -OCH3 is 2. The summed E-state index contributed by atoms with van der Waals surface area (Å²) >= 11 is 1.61. The first-order chi connectivity index (χ1) is 15.6. The molecule has 0 spiro atoms. The van der Waals surface area contributed by atoms with Gasteiger partial charge in [0.2, 0.25) is 0 Å². The van der Waals surface area contributed by atoms with Crippen LogP contribution in [-0.2, 0) is 14.3 Å². The number of amides is 1. The molecule has 0 saturated heterocycles. The molecule has 0 aliphatic carbocycles. The molecule has 0 saturated carbocycles. The van der Waals surface area contributed by atoms with Crippen LogP contribution in [0.3, 0.4) is 0 Å². The van der Waals surface area contributed by atoms with E-state index < -0.39 is 17.7 Å². The fourth-order valence-electron chi connectivity index (χ4n) is 3.53. The van der Waals surface area contributed by atoms with Gasteiger partial charge in [-0.3, -0.25) is 5.32 Å². The number of esters is 1. The number of alkyl carbamates (subject to hydrolysis) is 1. The Balaban J connectivity index is 2.41. The second-order valence-electron chi connectivity index (χ2n) is 8.54. The van der Waals surface area contributed by atoms with Crippen LogP contribution in [0.2, 0.25) is 0 Å². The molecular formula is C26H29NO5S. The molecule has 0 aliphatic heterocycles. The van der Waals surface area contributed by atoms with E-state index in [1.165, 1.54) is 7.11 Å². The molecule has 0 radical (unpaired) electrons. The fourth-order valence-corrected chi connectivity index (χ4v) is 4.74. The topological polar surface area (TPSA) is 73.9 Å². The van der Waals surface area contributed by atoms with Gasteiger partial charge < -0.3 is 14.2 Å². The van der Waals surface area contributed by atoms with Gasteiger partial charge in [-0.15, -0.1) is 11.3 Å². The number of carbonyl (C=O) groups excluding carboxylic acids is 2. The van der Waals surface area contributed by atoms with Crippen LogP contribution in [0.5, 0.6) is 5.75 Å². The molecule has 0 unspecified atom stereocenters. The summed E-state index contributed by atoms with van der Waals surface area (Å²) in [6.07, 6.45) is -0.749. The summed E-state index contributed by atoms with van der Waals surface area (Å²) in [5.74, 6) is -0.112. The molecule has 1 aromatic heterocycles. The number of rotatable bonds is 5. The van der Waals surface area contributed by atoms with Crippen molar-refractivity contribution in [3.05, 3.63) is 69.7 Å². The number of ether oxygens (including phenoxy) is 3. The largest absolute Gasteiger partial charge is 0.496 e. The Hall–Kier alpha value is -3.32.